The normalized spacial score (nSPS) is 10.7. The van der Waals surface area contributed by atoms with Gasteiger partial charge in [0, 0.05) is 17.9 Å². The van der Waals surface area contributed by atoms with E-state index in [1.54, 1.807) is 0 Å². The molecule has 0 atom stereocenters. The number of nitrogens with two attached hydrogens (primary N) is 1. The third-order valence-electron chi connectivity index (χ3n) is 3.41. The zero-order valence-electron chi connectivity index (χ0n) is 11.9. The van der Waals surface area contributed by atoms with Crippen molar-refractivity contribution in [1.29, 1.82) is 0 Å². The van der Waals surface area contributed by atoms with Gasteiger partial charge < -0.3 is 11.1 Å². The van der Waals surface area contributed by atoms with Crippen LogP contribution in [0.5, 0.6) is 0 Å². The molecule has 2 aromatic rings. The van der Waals surface area contributed by atoms with E-state index in [1.165, 1.54) is 11.1 Å². The fraction of sp³-hybridized carbons (Fsp3) is 0.294. The minimum absolute atomic E-state index is 0.585. The van der Waals surface area contributed by atoms with Crippen LogP contribution in [0.4, 0.5) is 11.4 Å². The van der Waals surface area contributed by atoms with Crippen LogP contribution in [0.25, 0.3) is 0 Å². The lowest BCUT2D eigenvalue weighted by Crippen LogP contribution is -2.00. The molecule has 0 aliphatic rings. The van der Waals surface area contributed by atoms with Gasteiger partial charge in [-0.2, -0.15) is 0 Å². The fourth-order valence-electron chi connectivity index (χ4n) is 2.01. The second-order valence-electron chi connectivity index (χ2n) is 5.32. The van der Waals surface area contributed by atoms with E-state index in [-0.39, 0.29) is 0 Å². The second kappa shape index (κ2) is 5.79. The maximum absolute atomic E-state index is 5.81. The SMILES string of the molecule is Cc1cc(NCc2ccc(C(C)C)cc2)ccc1N. The number of hydrogen-bond acceptors (Lipinski definition) is 2. The van der Waals surface area contributed by atoms with Crippen molar-refractivity contribution in [1.82, 2.24) is 0 Å². The first-order valence-corrected chi connectivity index (χ1v) is 6.75. The summed E-state index contributed by atoms with van der Waals surface area (Å²) < 4.78 is 0. The standard InChI is InChI=1S/C17H22N2/c1-12(2)15-6-4-14(5-7-15)11-19-16-8-9-17(18)13(3)10-16/h4-10,12,19H,11,18H2,1-3H3. The van der Waals surface area contributed by atoms with E-state index in [4.69, 9.17) is 5.73 Å². The maximum Gasteiger partial charge on any atom is 0.0400 e. The van der Waals surface area contributed by atoms with Gasteiger partial charge in [0.1, 0.15) is 0 Å². The molecule has 2 rings (SSSR count). The predicted octanol–water partition coefficient (Wildman–Crippen LogP) is 4.31. The van der Waals surface area contributed by atoms with Crippen LogP contribution in [0.2, 0.25) is 0 Å². The lowest BCUT2D eigenvalue weighted by atomic mass is 10.0. The first kappa shape index (κ1) is 13.5. The molecule has 0 saturated carbocycles. The monoisotopic (exact) mass is 254 g/mol. The van der Waals surface area contributed by atoms with Gasteiger partial charge in [0.25, 0.3) is 0 Å². The summed E-state index contributed by atoms with van der Waals surface area (Å²) in [6.45, 7) is 7.29. The molecule has 0 fully saturated rings. The van der Waals surface area contributed by atoms with Gasteiger partial charge in [0.15, 0.2) is 0 Å². The first-order chi connectivity index (χ1) is 9.06. The Bertz CT molecular complexity index is 542. The van der Waals surface area contributed by atoms with Gasteiger partial charge >= 0.3 is 0 Å². The number of nitrogens with one attached hydrogen (secondary N) is 1. The summed E-state index contributed by atoms with van der Waals surface area (Å²) >= 11 is 0. The van der Waals surface area contributed by atoms with Gasteiger partial charge in [-0.05, 0) is 47.7 Å². The van der Waals surface area contributed by atoms with E-state index in [9.17, 15) is 0 Å². The molecule has 0 bridgehead atoms. The topological polar surface area (TPSA) is 38.0 Å². The zero-order valence-corrected chi connectivity index (χ0v) is 11.9. The summed E-state index contributed by atoms with van der Waals surface area (Å²) in [5, 5.41) is 3.42. The molecule has 0 heterocycles. The number of benzene rings is 2. The van der Waals surface area contributed by atoms with Gasteiger partial charge in [-0.3, -0.25) is 0 Å². The molecule has 0 aliphatic heterocycles. The summed E-state index contributed by atoms with van der Waals surface area (Å²) in [6, 6.07) is 14.8. The van der Waals surface area contributed by atoms with Crippen molar-refractivity contribution in [3.63, 3.8) is 0 Å². The van der Waals surface area contributed by atoms with E-state index >= 15 is 0 Å². The highest BCUT2D eigenvalue weighted by Crippen LogP contribution is 2.18. The van der Waals surface area contributed by atoms with Gasteiger partial charge in [-0.25, -0.2) is 0 Å². The number of aryl methyl sites for hydroxylation is 1. The second-order valence-corrected chi connectivity index (χ2v) is 5.32. The van der Waals surface area contributed by atoms with Crippen LogP contribution in [-0.4, -0.2) is 0 Å². The smallest absolute Gasteiger partial charge is 0.0400 e. The molecular weight excluding hydrogens is 232 g/mol. The van der Waals surface area contributed by atoms with Crippen LogP contribution in [0.1, 0.15) is 36.5 Å². The van der Waals surface area contributed by atoms with Crippen molar-refractivity contribution < 1.29 is 0 Å². The molecule has 0 aliphatic carbocycles. The maximum atomic E-state index is 5.81. The van der Waals surface area contributed by atoms with Gasteiger partial charge in [-0.15, -0.1) is 0 Å². The van der Waals surface area contributed by atoms with Crippen LogP contribution >= 0.6 is 0 Å². The highest BCUT2D eigenvalue weighted by atomic mass is 14.9. The van der Waals surface area contributed by atoms with Gasteiger partial charge in [-0.1, -0.05) is 38.1 Å². The van der Waals surface area contributed by atoms with Crippen LogP contribution in [0.3, 0.4) is 0 Å². The van der Waals surface area contributed by atoms with Crippen molar-refractivity contribution in [3.05, 3.63) is 59.2 Å². The van der Waals surface area contributed by atoms with Crippen LogP contribution in [-0.2, 0) is 6.54 Å². The molecular formula is C17H22N2. The average molecular weight is 254 g/mol. The van der Waals surface area contributed by atoms with E-state index in [2.05, 4.69) is 49.5 Å². The zero-order chi connectivity index (χ0) is 13.8. The van der Waals surface area contributed by atoms with Crippen LogP contribution in [0, 0.1) is 6.92 Å². The summed E-state index contributed by atoms with van der Waals surface area (Å²) in [5.41, 5.74) is 11.5. The number of rotatable bonds is 4. The van der Waals surface area contributed by atoms with Crippen molar-refractivity contribution in [2.45, 2.75) is 33.2 Å². The van der Waals surface area contributed by atoms with Crippen molar-refractivity contribution in [2.24, 2.45) is 0 Å². The van der Waals surface area contributed by atoms with Crippen LogP contribution in [0.15, 0.2) is 42.5 Å². The summed E-state index contributed by atoms with van der Waals surface area (Å²) in [5.74, 6) is 0.585. The average Bonchev–Trinajstić information content (AvgIpc) is 2.40. The Morgan fingerprint density at radius 1 is 1.05 bits per heavy atom. The molecule has 2 heteroatoms. The summed E-state index contributed by atoms with van der Waals surface area (Å²) in [6.07, 6.45) is 0. The van der Waals surface area contributed by atoms with E-state index < -0.39 is 0 Å². The Labute approximate surface area is 115 Å². The summed E-state index contributed by atoms with van der Waals surface area (Å²) in [4.78, 5) is 0. The number of anilines is 2. The Morgan fingerprint density at radius 3 is 2.32 bits per heavy atom. The molecule has 100 valence electrons. The van der Waals surface area contributed by atoms with E-state index in [1.807, 2.05) is 19.1 Å². The minimum Gasteiger partial charge on any atom is -0.399 e. The van der Waals surface area contributed by atoms with E-state index in [0.717, 1.165) is 23.5 Å². The third kappa shape index (κ3) is 3.50. The summed E-state index contributed by atoms with van der Waals surface area (Å²) in [7, 11) is 0. The Hall–Kier alpha value is -1.96. The molecule has 3 N–H and O–H groups in total. The fourth-order valence-corrected chi connectivity index (χ4v) is 2.01. The molecule has 19 heavy (non-hydrogen) atoms. The predicted molar refractivity (Wildman–Crippen MR) is 83.4 cm³/mol. The third-order valence-corrected chi connectivity index (χ3v) is 3.41. The molecule has 0 radical (unpaired) electrons. The molecule has 2 nitrogen and oxygen atoms in total. The van der Waals surface area contributed by atoms with Crippen molar-refractivity contribution >= 4 is 11.4 Å². The Morgan fingerprint density at radius 2 is 1.74 bits per heavy atom. The number of nitrogen functional groups attached to an aromatic ring is 1. The van der Waals surface area contributed by atoms with Crippen molar-refractivity contribution in [3.8, 4) is 0 Å². The van der Waals surface area contributed by atoms with Gasteiger partial charge in [0.05, 0.1) is 0 Å². The molecule has 0 unspecified atom stereocenters. The first-order valence-electron chi connectivity index (χ1n) is 6.75. The highest BCUT2D eigenvalue weighted by Gasteiger charge is 2.00. The van der Waals surface area contributed by atoms with Crippen LogP contribution < -0.4 is 11.1 Å². The highest BCUT2D eigenvalue weighted by molar-refractivity contribution is 5.56. The van der Waals surface area contributed by atoms with Gasteiger partial charge in [0.2, 0.25) is 0 Å². The largest absolute Gasteiger partial charge is 0.399 e. The molecule has 0 aromatic heterocycles. The lowest BCUT2D eigenvalue weighted by molar-refractivity contribution is 0.865. The Balaban J connectivity index is 2.00. The Kier molecular flexibility index (Phi) is 4.10. The molecule has 0 spiro atoms. The molecule has 0 amide bonds. The lowest BCUT2D eigenvalue weighted by Gasteiger charge is -2.10. The molecule has 0 saturated heterocycles. The van der Waals surface area contributed by atoms with Crippen molar-refractivity contribution in [2.75, 3.05) is 11.1 Å². The minimum atomic E-state index is 0.585. The number of hydrogen-bond donors (Lipinski definition) is 2. The quantitative estimate of drug-likeness (QED) is 0.798. The van der Waals surface area contributed by atoms with E-state index in [0.29, 0.717) is 5.92 Å². The molecule has 2 aromatic carbocycles.